The Hall–Kier alpha value is -3.24. The van der Waals surface area contributed by atoms with Crippen LogP contribution in [0.2, 0.25) is 0 Å². The molecule has 10 heteroatoms. The van der Waals surface area contributed by atoms with Gasteiger partial charge in [-0.05, 0) is 50.2 Å². The third-order valence-electron chi connectivity index (χ3n) is 5.64. The van der Waals surface area contributed by atoms with Crippen molar-refractivity contribution in [1.82, 2.24) is 14.8 Å². The first kappa shape index (κ1) is 24.9. The molecule has 0 radical (unpaired) electrons. The van der Waals surface area contributed by atoms with Gasteiger partial charge in [0, 0.05) is 37.1 Å². The maximum absolute atomic E-state index is 12.6. The molecule has 2 aromatic carbocycles. The quantitative estimate of drug-likeness (QED) is 0.420. The lowest BCUT2D eigenvalue weighted by Gasteiger charge is -2.28. The lowest BCUT2D eigenvalue weighted by molar-refractivity contribution is -0.113. The van der Waals surface area contributed by atoms with Crippen molar-refractivity contribution in [2.24, 2.45) is 0 Å². The van der Waals surface area contributed by atoms with E-state index >= 15 is 0 Å². The minimum Gasteiger partial charge on any atom is -0.497 e. The van der Waals surface area contributed by atoms with E-state index in [9.17, 15) is 4.79 Å². The Bertz CT molecular complexity index is 1120. The highest BCUT2D eigenvalue weighted by molar-refractivity contribution is 7.99. The Labute approximate surface area is 209 Å². The van der Waals surface area contributed by atoms with E-state index in [1.165, 1.54) is 11.8 Å². The van der Waals surface area contributed by atoms with E-state index in [0.717, 1.165) is 43.4 Å². The highest BCUT2D eigenvalue weighted by atomic mass is 32.2. The molecular weight excluding hydrogens is 466 g/mol. The molecule has 1 N–H and O–H groups in total. The van der Waals surface area contributed by atoms with Gasteiger partial charge in [0.15, 0.2) is 17.1 Å². The number of nitrogens with one attached hydrogen (secondary N) is 1. The molecule has 4 rings (SSSR count). The van der Waals surface area contributed by atoms with Crippen molar-refractivity contribution >= 4 is 29.0 Å². The largest absolute Gasteiger partial charge is 0.497 e. The number of benzene rings is 2. The number of rotatable bonds is 10. The number of methoxy groups -OCH3 is 1. The fourth-order valence-electron chi connectivity index (χ4n) is 3.84. The van der Waals surface area contributed by atoms with Gasteiger partial charge in [-0.15, -0.1) is 10.2 Å². The first-order valence-electron chi connectivity index (χ1n) is 11.7. The van der Waals surface area contributed by atoms with Crippen LogP contribution < -0.4 is 19.7 Å². The first-order valence-corrected chi connectivity index (χ1v) is 12.6. The first-order chi connectivity index (χ1) is 17.1. The zero-order chi connectivity index (χ0) is 24.6. The summed E-state index contributed by atoms with van der Waals surface area (Å²) in [5.41, 5.74) is 1.90. The number of ether oxygens (including phenoxy) is 3. The van der Waals surface area contributed by atoms with Crippen LogP contribution in [0.5, 0.6) is 11.5 Å². The van der Waals surface area contributed by atoms with Gasteiger partial charge in [0.05, 0.1) is 26.1 Å². The van der Waals surface area contributed by atoms with E-state index in [-0.39, 0.29) is 17.8 Å². The summed E-state index contributed by atoms with van der Waals surface area (Å²) >= 11 is 1.36. The molecule has 0 aliphatic carbocycles. The minimum atomic E-state index is -0.317. The van der Waals surface area contributed by atoms with Gasteiger partial charge in [0.2, 0.25) is 5.91 Å². The van der Waals surface area contributed by atoms with Gasteiger partial charge in [-0.2, -0.15) is 0 Å². The maximum atomic E-state index is 12.6. The molecule has 1 aromatic heterocycles. The maximum Gasteiger partial charge on any atom is 0.234 e. The van der Waals surface area contributed by atoms with Gasteiger partial charge in [-0.25, -0.2) is 0 Å². The molecule has 1 amide bonds. The average Bonchev–Trinajstić information content (AvgIpc) is 3.32. The van der Waals surface area contributed by atoms with Crippen LogP contribution in [0.3, 0.4) is 0 Å². The topological polar surface area (TPSA) is 90.7 Å². The number of carbonyl (C=O) groups excluding carboxylic acids is 1. The SMILES string of the molecule is CCn1c(SCC(=O)Nc2ccc(N3CCOCC3)cc2)nnc1C(C)Oc1cccc(OC)c1. The van der Waals surface area contributed by atoms with Crippen LogP contribution in [0.15, 0.2) is 53.7 Å². The van der Waals surface area contributed by atoms with E-state index in [0.29, 0.717) is 23.3 Å². The van der Waals surface area contributed by atoms with Crippen LogP contribution in [0.4, 0.5) is 11.4 Å². The second-order valence-corrected chi connectivity index (χ2v) is 8.95. The van der Waals surface area contributed by atoms with E-state index in [2.05, 4.69) is 20.4 Å². The number of nitrogens with zero attached hydrogens (tertiary/aromatic N) is 4. The Morgan fingerprint density at radius 2 is 1.89 bits per heavy atom. The summed E-state index contributed by atoms with van der Waals surface area (Å²) in [7, 11) is 1.62. The van der Waals surface area contributed by atoms with E-state index in [1.807, 2.05) is 66.9 Å². The predicted octanol–water partition coefficient (Wildman–Crippen LogP) is 4.01. The minimum absolute atomic E-state index is 0.0954. The Balaban J connectivity index is 1.32. The van der Waals surface area contributed by atoms with Crippen molar-refractivity contribution < 1.29 is 19.0 Å². The molecule has 35 heavy (non-hydrogen) atoms. The van der Waals surface area contributed by atoms with Crippen LogP contribution in [0, 0.1) is 0 Å². The van der Waals surface area contributed by atoms with Crippen LogP contribution in [-0.2, 0) is 16.1 Å². The Kier molecular flexibility index (Phi) is 8.49. The molecule has 1 unspecified atom stereocenters. The highest BCUT2D eigenvalue weighted by Gasteiger charge is 2.20. The number of amides is 1. The van der Waals surface area contributed by atoms with Crippen molar-refractivity contribution in [2.45, 2.75) is 31.7 Å². The van der Waals surface area contributed by atoms with E-state index < -0.39 is 0 Å². The van der Waals surface area contributed by atoms with Crippen LogP contribution >= 0.6 is 11.8 Å². The summed E-state index contributed by atoms with van der Waals surface area (Å²) in [6.45, 7) is 7.86. The molecule has 1 aliphatic rings. The summed E-state index contributed by atoms with van der Waals surface area (Å²) in [5, 5.41) is 12.3. The lowest BCUT2D eigenvalue weighted by atomic mass is 10.2. The van der Waals surface area contributed by atoms with Crippen molar-refractivity contribution in [1.29, 1.82) is 0 Å². The van der Waals surface area contributed by atoms with Gasteiger partial charge in [-0.3, -0.25) is 4.79 Å². The number of morpholine rings is 1. The summed E-state index contributed by atoms with van der Waals surface area (Å²) in [6, 6.07) is 15.4. The van der Waals surface area contributed by atoms with Crippen LogP contribution in [0.25, 0.3) is 0 Å². The van der Waals surface area contributed by atoms with Crippen molar-refractivity contribution in [3.05, 3.63) is 54.4 Å². The molecule has 3 aromatic rings. The van der Waals surface area contributed by atoms with Crippen molar-refractivity contribution in [3.8, 4) is 11.5 Å². The predicted molar refractivity (Wildman–Crippen MR) is 137 cm³/mol. The molecule has 0 saturated carbocycles. The number of anilines is 2. The highest BCUT2D eigenvalue weighted by Crippen LogP contribution is 2.27. The van der Waals surface area contributed by atoms with Crippen molar-refractivity contribution in [2.75, 3.05) is 49.4 Å². The second-order valence-electron chi connectivity index (χ2n) is 8.01. The average molecular weight is 498 g/mol. The molecule has 1 fully saturated rings. The van der Waals surface area contributed by atoms with E-state index in [4.69, 9.17) is 14.2 Å². The summed E-state index contributed by atoms with van der Waals surface area (Å²) in [4.78, 5) is 14.8. The monoisotopic (exact) mass is 497 g/mol. The fourth-order valence-corrected chi connectivity index (χ4v) is 4.65. The third kappa shape index (κ3) is 6.46. The molecular formula is C25H31N5O4S. The van der Waals surface area contributed by atoms with Gasteiger partial charge in [0.25, 0.3) is 0 Å². The second kappa shape index (κ2) is 11.9. The molecule has 186 valence electrons. The number of hydrogen-bond donors (Lipinski definition) is 1. The van der Waals surface area contributed by atoms with Gasteiger partial charge < -0.3 is 29.0 Å². The number of carbonyl (C=O) groups is 1. The number of hydrogen-bond acceptors (Lipinski definition) is 8. The molecule has 0 bridgehead atoms. The van der Waals surface area contributed by atoms with E-state index in [1.54, 1.807) is 7.11 Å². The number of thioether (sulfide) groups is 1. The molecule has 2 heterocycles. The smallest absolute Gasteiger partial charge is 0.234 e. The van der Waals surface area contributed by atoms with Gasteiger partial charge in [0.1, 0.15) is 11.5 Å². The third-order valence-corrected chi connectivity index (χ3v) is 6.61. The fraction of sp³-hybridized carbons (Fsp3) is 0.400. The zero-order valence-electron chi connectivity index (χ0n) is 20.3. The lowest BCUT2D eigenvalue weighted by Crippen LogP contribution is -2.36. The summed E-state index contributed by atoms with van der Waals surface area (Å²) in [6.07, 6.45) is -0.317. The molecule has 1 saturated heterocycles. The molecule has 1 aliphatic heterocycles. The summed E-state index contributed by atoms with van der Waals surface area (Å²) in [5.74, 6) is 2.26. The number of aromatic nitrogens is 3. The molecule has 9 nitrogen and oxygen atoms in total. The molecule has 1 atom stereocenters. The van der Waals surface area contributed by atoms with Gasteiger partial charge >= 0.3 is 0 Å². The molecule has 0 spiro atoms. The summed E-state index contributed by atoms with van der Waals surface area (Å²) < 4.78 is 18.7. The van der Waals surface area contributed by atoms with Gasteiger partial charge in [-0.1, -0.05) is 17.8 Å². The Morgan fingerprint density at radius 1 is 1.14 bits per heavy atom. The normalized spacial score (nSPS) is 14.4. The standard InChI is InChI=1S/C25H31N5O4S/c1-4-30-24(18(2)34-22-7-5-6-21(16-22)32-3)27-28-25(30)35-17-23(31)26-19-8-10-20(11-9-19)29-12-14-33-15-13-29/h5-11,16,18H,4,12-15,17H2,1-3H3,(H,26,31). The zero-order valence-corrected chi connectivity index (χ0v) is 21.1. The van der Waals surface area contributed by atoms with Crippen LogP contribution in [0.1, 0.15) is 25.8 Å². The Morgan fingerprint density at radius 3 is 2.60 bits per heavy atom. The van der Waals surface area contributed by atoms with Crippen molar-refractivity contribution in [3.63, 3.8) is 0 Å². The van der Waals surface area contributed by atoms with Crippen LogP contribution in [-0.4, -0.2) is 59.8 Å².